The third kappa shape index (κ3) is 3.19. The summed E-state index contributed by atoms with van der Waals surface area (Å²) in [7, 11) is 0. The van der Waals surface area contributed by atoms with E-state index in [1.165, 1.54) is 0 Å². The largest absolute Gasteiger partial charge is 0.382 e. The Hall–Kier alpha value is -4.18. The van der Waals surface area contributed by atoms with Crippen LogP contribution >= 0.6 is 0 Å². The van der Waals surface area contributed by atoms with E-state index < -0.39 is 5.54 Å². The summed E-state index contributed by atoms with van der Waals surface area (Å²) in [4.78, 5) is 4.83. The van der Waals surface area contributed by atoms with Crippen LogP contribution in [0.3, 0.4) is 0 Å². The average Bonchev–Trinajstić information content (AvgIpc) is 3.54. The van der Waals surface area contributed by atoms with Gasteiger partial charge >= 0.3 is 0 Å². The first kappa shape index (κ1) is 18.8. The highest BCUT2D eigenvalue weighted by atomic mass is 15.3. The zero-order valence-electron chi connectivity index (χ0n) is 16.7. The van der Waals surface area contributed by atoms with Crippen molar-refractivity contribution in [2.24, 2.45) is 5.92 Å². The van der Waals surface area contributed by atoms with Crippen molar-refractivity contribution < 1.29 is 0 Å². The standard InChI is InChI=1S/C21H20N10/c22-7-6-21(4-1-14(10-23)2-5-21)31-12-15(11-26-31)20-18-3-8-25-30(18)13-17(27-20)16-9-19(24)29-28-16/h3,8-9,11-14H,1-2,4-6H2,(H3,24,28,29). The van der Waals surface area contributed by atoms with Gasteiger partial charge in [0.1, 0.15) is 11.5 Å². The van der Waals surface area contributed by atoms with Crippen molar-refractivity contribution in [2.45, 2.75) is 37.6 Å². The average molecular weight is 412 g/mol. The summed E-state index contributed by atoms with van der Waals surface area (Å²) in [5.41, 5.74) is 9.12. The highest BCUT2D eigenvalue weighted by molar-refractivity contribution is 5.78. The minimum atomic E-state index is -0.397. The number of nitrogen functional groups attached to an aromatic ring is 1. The number of nitrogens with zero attached hydrogens (tertiary/aromatic N) is 8. The Bertz CT molecular complexity index is 1320. The lowest BCUT2D eigenvalue weighted by molar-refractivity contribution is 0.160. The van der Waals surface area contributed by atoms with Crippen molar-refractivity contribution in [3.05, 3.63) is 36.9 Å². The molecule has 4 heterocycles. The fraction of sp³-hybridized carbons (Fsp3) is 0.333. The highest BCUT2D eigenvalue weighted by Crippen LogP contribution is 2.40. The summed E-state index contributed by atoms with van der Waals surface area (Å²) in [5.74, 6) is 0.437. The predicted molar refractivity (Wildman–Crippen MR) is 112 cm³/mol. The molecule has 10 nitrogen and oxygen atoms in total. The van der Waals surface area contributed by atoms with Gasteiger partial charge in [0.15, 0.2) is 0 Å². The van der Waals surface area contributed by atoms with Crippen molar-refractivity contribution >= 4 is 11.3 Å². The van der Waals surface area contributed by atoms with Crippen molar-refractivity contribution in [1.29, 1.82) is 10.5 Å². The van der Waals surface area contributed by atoms with E-state index in [1.54, 1.807) is 23.0 Å². The van der Waals surface area contributed by atoms with Crippen LogP contribution in [0.15, 0.2) is 36.9 Å². The van der Waals surface area contributed by atoms with E-state index in [2.05, 4.69) is 32.5 Å². The van der Waals surface area contributed by atoms with Crippen molar-refractivity contribution in [1.82, 2.24) is 34.6 Å². The molecule has 0 saturated heterocycles. The van der Waals surface area contributed by atoms with E-state index in [4.69, 9.17) is 10.7 Å². The van der Waals surface area contributed by atoms with E-state index in [1.807, 2.05) is 23.1 Å². The number of nitrogens with one attached hydrogen (secondary N) is 1. The SMILES string of the molecule is N#CCC1(n2cc(-c3nc(-c4cc(N)n[nH]4)cn4nccc34)cn2)CCC(C#N)CC1. The Morgan fingerprint density at radius 3 is 2.77 bits per heavy atom. The van der Waals surface area contributed by atoms with E-state index in [-0.39, 0.29) is 5.92 Å². The molecule has 1 saturated carbocycles. The van der Waals surface area contributed by atoms with Gasteiger partial charge in [-0.3, -0.25) is 9.78 Å². The number of nitrogens with two attached hydrogens (primary N) is 1. The van der Waals surface area contributed by atoms with Crippen LogP contribution in [-0.4, -0.2) is 34.6 Å². The zero-order chi connectivity index (χ0) is 21.4. The molecule has 0 amide bonds. The molecular weight excluding hydrogens is 392 g/mol. The third-order valence-electron chi connectivity index (χ3n) is 6.11. The molecule has 0 unspecified atom stereocenters. The maximum absolute atomic E-state index is 9.47. The minimum Gasteiger partial charge on any atom is -0.382 e. The van der Waals surface area contributed by atoms with Crippen LogP contribution in [0.1, 0.15) is 32.1 Å². The summed E-state index contributed by atoms with van der Waals surface area (Å²) in [5, 5.41) is 34.6. The van der Waals surface area contributed by atoms with Crippen LogP contribution in [0.25, 0.3) is 28.2 Å². The smallest absolute Gasteiger partial charge is 0.145 e. The molecule has 0 spiro atoms. The number of nitriles is 2. The Kier molecular flexibility index (Phi) is 4.41. The molecule has 4 aromatic heterocycles. The predicted octanol–water partition coefficient (Wildman–Crippen LogP) is 2.89. The maximum Gasteiger partial charge on any atom is 0.145 e. The second-order valence-electron chi connectivity index (χ2n) is 7.98. The van der Waals surface area contributed by atoms with Crippen molar-refractivity contribution in [3.8, 4) is 34.8 Å². The van der Waals surface area contributed by atoms with Crippen LogP contribution in [0.5, 0.6) is 0 Å². The highest BCUT2D eigenvalue weighted by Gasteiger charge is 2.38. The van der Waals surface area contributed by atoms with Crippen LogP contribution in [0, 0.1) is 28.6 Å². The lowest BCUT2D eigenvalue weighted by Crippen LogP contribution is -2.37. The van der Waals surface area contributed by atoms with Gasteiger partial charge < -0.3 is 5.73 Å². The molecule has 1 aliphatic carbocycles. The quantitative estimate of drug-likeness (QED) is 0.523. The van der Waals surface area contributed by atoms with Crippen molar-refractivity contribution in [3.63, 3.8) is 0 Å². The van der Waals surface area contributed by atoms with Crippen molar-refractivity contribution in [2.75, 3.05) is 5.73 Å². The van der Waals surface area contributed by atoms with E-state index in [9.17, 15) is 10.5 Å². The molecule has 10 heteroatoms. The van der Waals surface area contributed by atoms with Gasteiger partial charge in [0.25, 0.3) is 0 Å². The molecular formula is C21H20N10. The number of aromatic nitrogens is 7. The van der Waals surface area contributed by atoms with Gasteiger partial charge in [0.05, 0.1) is 59.6 Å². The van der Waals surface area contributed by atoms with Gasteiger partial charge in [-0.2, -0.15) is 25.8 Å². The summed E-state index contributed by atoms with van der Waals surface area (Å²) < 4.78 is 3.66. The molecule has 0 radical (unpaired) electrons. The lowest BCUT2D eigenvalue weighted by atomic mass is 9.75. The Morgan fingerprint density at radius 1 is 1.23 bits per heavy atom. The van der Waals surface area contributed by atoms with Gasteiger partial charge in [-0.25, -0.2) is 9.50 Å². The Labute approximate surface area is 177 Å². The maximum atomic E-state index is 9.47. The molecule has 0 aromatic carbocycles. The van der Waals surface area contributed by atoms with Gasteiger partial charge in [-0.15, -0.1) is 0 Å². The number of hydrogen-bond donors (Lipinski definition) is 2. The first-order valence-electron chi connectivity index (χ1n) is 10.1. The molecule has 1 aliphatic rings. The minimum absolute atomic E-state index is 0.0495. The fourth-order valence-corrected chi connectivity index (χ4v) is 4.36. The van der Waals surface area contributed by atoms with E-state index in [0.717, 1.165) is 42.5 Å². The van der Waals surface area contributed by atoms with Gasteiger partial charge in [-0.05, 0) is 31.7 Å². The van der Waals surface area contributed by atoms with E-state index in [0.29, 0.717) is 23.6 Å². The van der Waals surface area contributed by atoms with Crippen LogP contribution in [-0.2, 0) is 5.54 Å². The summed E-state index contributed by atoms with van der Waals surface area (Å²) in [6, 6.07) is 8.30. The molecule has 4 aromatic rings. The molecule has 31 heavy (non-hydrogen) atoms. The van der Waals surface area contributed by atoms with Gasteiger partial charge in [-0.1, -0.05) is 0 Å². The summed E-state index contributed by atoms with van der Waals surface area (Å²) in [6.07, 6.45) is 10.7. The first-order valence-corrected chi connectivity index (χ1v) is 10.1. The van der Waals surface area contributed by atoms with Gasteiger partial charge in [0, 0.05) is 23.7 Å². The number of hydrogen-bond acceptors (Lipinski definition) is 7. The number of rotatable bonds is 4. The number of anilines is 1. The molecule has 5 rings (SSSR count). The second kappa shape index (κ2) is 7.26. The molecule has 154 valence electrons. The zero-order valence-corrected chi connectivity index (χ0v) is 16.7. The number of H-pyrrole nitrogens is 1. The number of fused-ring (bicyclic) bond motifs is 1. The molecule has 0 aliphatic heterocycles. The summed E-state index contributed by atoms with van der Waals surface area (Å²) in [6.45, 7) is 0. The van der Waals surface area contributed by atoms with Gasteiger partial charge in [0.2, 0.25) is 0 Å². The monoisotopic (exact) mass is 412 g/mol. The topological polar surface area (TPSA) is 150 Å². The summed E-state index contributed by atoms with van der Waals surface area (Å²) >= 11 is 0. The molecule has 0 atom stereocenters. The first-order chi connectivity index (χ1) is 15.1. The third-order valence-corrected chi connectivity index (χ3v) is 6.11. The van der Waals surface area contributed by atoms with E-state index >= 15 is 0 Å². The van der Waals surface area contributed by atoms with Crippen LogP contribution in [0.2, 0.25) is 0 Å². The Balaban J connectivity index is 1.57. The second-order valence-corrected chi connectivity index (χ2v) is 7.98. The Morgan fingerprint density at radius 2 is 2.06 bits per heavy atom. The molecule has 3 N–H and O–H groups in total. The van der Waals surface area contributed by atoms with Crippen LogP contribution < -0.4 is 5.73 Å². The lowest BCUT2D eigenvalue weighted by Gasteiger charge is -2.37. The molecule has 0 bridgehead atoms. The molecule has 1 fully saturated rings. The fourth-order valence-electron chi connectivity index (χ4n) is 4.36. The normalized spacial score (nSPS) is 21.0. The van der Waals surface area contributed by atoms with Crippen LogP contribution in [0.4, 0.5) is 5.82 Å². The number of aromatic amines is 1.